The van der Waals surface area contributed by atoms with E-state index in [0.717, 1.165) is 19.3 Å². The third-order valence-electron chi connectivity index (χ3n) is 6.32. The van der Waals surface area contributed by atoms with Crippen LogP contribution >= 0.6 is 0 Å². The normalized spacial score (nSPS) is 12.9. The first kappa shape index (κ1) is 28.3. The van der Waals surface area contributed by atoms with Gasteiger partial charge in [0.1, 0.15) is 11.7 Å². The molecule has 194 valence electrons. The summed E-state index contributed by atoms with van der Waals surface area (Å²) in [5.41, 5.74) is 0.657. The maximum absolute atomic E-state index is 12.9. The topological polar surface area (TPSA) is 129 Å². The second kappa shape index (κ2) is 14.5. The Morgan fingerprint density at radius 3 is 2.23 bits per heavy atom. The highest BCUT2D eigenvalue weighted by Crippen LogP contribution is 2.21. The summed E-state index contributed by atoms with van der Waals surface area (Å²) in [6.07, 6.45) is 11.0. The van der Waals surface area contributed by atoms with Crippen LogP contribution in [0.1, 0.15) is 88.5 Å². The Hall–Kier alpha value is -2.94. The maximum atomic E-state index is 12.9. The van der Waals surface area contributed by atoms with Crippen molar-refractivity contribution in [2.24, 2.45) is 0 Å². The molecule has 2 atom stereocenters. The number of nitro benzene ring substituents is 1. The number of rotatable bonds is 16. The lowest BCUT2D eigenvalue weighted by molar-refractivity contribution is -0.384. The lowest BCUT2D eigenvalue weighted by Crippen LogP contribution is -2.53. The van der Waals surface area contributed by atoms with Crippen molar-refractivity contribution in [3.63, 3.8) is 0 Å². The van der Waals surface area contributed by atoms with Gasteiger partial charge in [0.15, 0.2) is 0 Å². The number of non-ortho nitro benzene ring substituents is 1. The summed E-state index contributed by atoms with van der Waals surface area (Å²) in [4.78, 5) is 40.6. The van der Waals surface area contributed by atoms with Crippen LogP contribution in [0.5, 0.6) is 0 Å². The highest BCUT2D eigenvalue weighted by molar-refractivity contribution is 6.00. The van der Waals surface area contributed by atoms with Crippen molar-refractivity contribution in [3.8, 4) is 0 Å². The number of fused-ring (bicyclic) bond motifs is 1. The Bertz CT molecular complexity index is 972. The molecule has 1 aromatic carbocycles. The largest absolute Gasteiger partial charge is 0.391 e. The number of aromatic nitrogens is 1. The van der Waals surface area contributed by atoms with E-state index < -0.39 is 23.0 Å². The number of nitro groups is 1. The van der Waals surface area contributed by atoms with Crippen LogP contribution in [0.15, 0.2) is 24.3 Å². The molecule has 0 fully saturated rings. The van der Waals surface area contributed by atoms with E-state index in [1.54, 1.807) is 11.9 Å². The third kappa shape index (κ3) is 8.98. The minimum Gasteiger partial charge on any atom is -0.391 e. The molecule has 9 nitrogen and oxygen atoms in total. The van der Waals surface area contributed by atoms with Crippen molar-refractivity contribution in [3.05, 3.63) is 40.1 Å². The zero-order valence-electron chi connectivity index (χ0n) is 21.2. The van der Waals surface area contributed by atoms with Crippen LogP contribution in [0.4, 0.5) is 5.69 Å². The number of hydrogen-bond acceptors (Lipinski definition) is 5. The van der Waals surface area contributed by atoms with Gasteiger partial charge in [-0.3, -0.25) is 19.7 Å². The number of benzene rings is 1. The average Bonchev–Trinajstić information content (AvgIpc) is 3.26. The Balaban J connectivity index is 1.82. The Morgan fingerprint density at radius 2 is 1.66 bits per heavy atom. The SMILES string of the molecule is CCCCCCCCCCCCN(C)C(=O)[C@@H](NC(=O)c1cc2cc([N+](=O)[O-])ccc2[nH]1)[C@@H](C)O. The van der Waals surface area contributed by atoms with Crippen molar-refractivity contribution in [1.82, 2.24) is 15.2 Å². The number of hydrogen-bond donors (Lipinski definition) is 3. The highest BCUT2D eigenvalue weighted by atomic mass is 16.6. The van der Waals surface area contributed by atoms with Crippen LogP contribution in [-0.2, 0) is 4.79 Å². The summed E-state index contributed by atoms with van der Waals surface area (Å²) >= 11 is 0. The van der Waals surface area contributed by atoms with Gasteiger partial charge in [-0.05, 0) is 25.5 Å². The van der Waals surface area contributed by atoms with Crippen LogP contribution in [0, 0.1) is 10.1 Å². The number of carbonyl (C=O) groups excluding carboxylic acids is 2. The van der Waals surface area contributed by atoms with Crippen LogP contribution in [0.25, 0.3) is 10.9 Å². The van der Waals surface area contributed by atoms with Gasteiger partial charge >= 0.3 is 0 Å². The lowest BCUT2D eigenvalue weighted by Gasteiger charge is -2.26. The number of amides is 2. The summed E-state index contributed by atoms with van der Waals surface area (Å²) < 4.78 is 0. The number of unbranched alkanes of at least 4 members (excludes halogenated alkanes) is 9. The van der Waals surface area contributed by atoms with Gasteiger partial charge in [-0.15, -0.1) is 0 Å². The van der Waals surface area contributed by atoms with E-state index in [4.69, 9.17) is 0 Å². The number of carbonyl (C=O) groups is 2. The first-order valence-corrected chi connectivity index (χ1v) is 12.8. The van der Waals surface area contributed by atoms with E-state index in [2.05, 4.69) is 17.2 Å². The summed E-state index contributed by atoms with van der Waals surface area (Å²) in [6, 6.07) is 4.67. The molecule has 0 unspecified atom stereocenters. The third-order valence-corrected chi connectivity index (χ3v) is 6.32. The molecule has 2 aromatic rings. The standard InChI is InChI=1S/C26H40N4O5/c1-4-5-6-7-8-9-10-11-12-13-16-29(3)26(33)24(19(2)31)28-25(32)23-18-20-17-21(30(34)35)14-15-22(20)27-23/h14-15,17-19,24,27,31H,4-13,16H2,1-3H3,(H,28,32)/t19-,24+/m1/s1. The predicted molar refractivity (Wildman–Crippen MR) is 137 cm³/mol. The lowest BCUT2D eigenvalue weighted by atomic mass is 10.1. The zero-order valence-corrected chi connectivity index (χ0v) is 21.2. The Kier molecular flexibility index (Phi) is 11.7. The number of aliphatic hydroxyl groups is 1. The van der Waals surface area contributed by atoms with Gasteiger partial charge in [-0.25, -0.2) is 0 Å². The van der Waals surface area contributed by atoms with Crippen molar-refractivity contribution >= 4 is 28.4 Å². The average molecular weight is 489 g/mol. The van der Waals surface area contributed by atoms with Gasteiger partial charge in [-0.2, -0.15) is 0 Å². The molecule has 1 heterocycles. The number of H-pyrrole nitrogens is 1. The fourth-order valence-corrected chi connectivity index (χ4v) is 4.15. The number of nitrogens with one attached hydrogen (secondary N) is 2. The van der Waals surface area contributed by atoms with Crippen molar-refractivity contribution in [2.45, 2.75) is 90.2 Å². The molecule has 2 amide bonds. The van der Waals surface area contributed by atoms with Gasteiger partial charge in [0.25, 0.3) is 11.6 Å². The van der Waals surface area contributed by atoms with Gasteiger partial charge in [0, 0.05) is 36.6 Å². The summed E-state index contributed by atoms with van der Waals surface area (Å²) in [6.45, 7) is 4.25. The molecule has 9 heteroatoms. The van der Waals surface area contributed by atoms with Crippen LogP contribution in [0.3, 0.4) is 0 Å². The molecule has 0 aliphatic heterocycles. The first-order valence-electron chi connectivity index (χ1n) is 12.8. The van der Waals surface area contributed by atoms with E-state index >= 15 is 0 Å². The molecule has 0 saturated carbocycles. The number of aromatic amines is 1. The first-order chi connectivity index (χ1) is 16.7. The second-order valence-electron chi connectivity index (χ2n) is 9.35. The minimum atomic E-state index is -1.09. The van der Waals surface area contributed by atoms with Crippen LogP contribution in [0.2, 0.25) is 0 Å². The molecule has 0 spiro atoms. The number of aliphatic hydroxyl groups excluding tert-OH is 1. The molecule has 0 aliphatic carbocycles. The van der Waals surface area contributed by atoms with E-state index in [9.17, 15) is 24.8 Å². The van der Waals surface area contributed by atoms with E-state index in [-0.39, 0.29) is 17.3 Å². The molecule has 35 heavy (non-hydrogen) atoms. The summed E-state index contributed by atoms with van der Waals surface area (Å²) in [5, 5.41) is 24.3. The van der Waals surface area contributed by atoms with Crippen molar-refractivity contribution in [1.29, 1.82) is 0 Å². The van der Waals surface area contributed by atoms with Crippen LogP contribution in [-0.4, -0.2) is 57.5 Å². The van der Waals surface area contributed by atoms with E-state index in [0.29, 0.717) is 17.4 Å². The molecule has 0 saturated heterocycles. The molecule has 0 aliphatic rings. The maximum Gasteiger partial charge on any atom is 0.270 e. The molecule has 0 bridgehead atoms. The fraction of sp³-hybridized carbons (Fsp3) is 0.615. The van der Waals surface area contributed by atoms with Gasteiger partial charge < -0.3 is 20.3 Å². The summed E-state index contributed by atoms with van der Waals surface area (Å²) in [5.74, 6) is -0.911. The molecule has 1 aromatic heterocycles. The van der Waals surface area contributed by atoms with E-state index in [1.165, 1.54) is 76.1 Å². The smallest absolute Gasteiger partial charge is 0.270 e. The van der Waals surface area contributed by atoms with E-state index in [1.807, 2.05) is 0 Å². The van der Waals surface area contributed by atoms with Gasteiger partial charge in [0.05, 0.1) is 11.0 Å². The zero-order chi connectivity index (χ0) is 25.8. The van der Waals surface area contributed by atoms with Gasteiger partial charge in [-0.1, -0.05) is 64.7 Å². The Morgan fingerprint density at radius 1 is 1.06 bits per heavy atom. The quantitative estimate of drug-likeness (QED) is 0.175. The minimum absolute atomic E-state index is 0.0749. The van der Waals surface area contributed by atoms with Crippen LogP contribution < -0.4 is 5.32 Å². The highest BCUT2D eigenvalue weighted by Gasteiger charge is 2.29. The predicted octanol–water partition coefficient (Wildman–Crippen LogP) is 4.93. The molecular weight excluding hydrogens is 448 g/mol. The molecule has 0 radical (unpaired) electrons. The summed E-state index contributed by atoms with van der Waals surface area (Å²) in [7, 11) is 1.68. The molecule has 3 N–H and O–H groups in total. The number of likely N-dealkylation sites (N-methyl/N-ethyl adjacent to an activating group) is 1. The van der Waals surface area contributed by atoms with Gasteiger partial charge in [0.2, 0.25) is 5.91 Å². The number of nitrogens with zero attached hydrogens (tertiary/aromatic N) is 2. The van der Waals surface area contributed by atoms with Crippen molar-refractivity contribution < 1.29 is 19.6 Å². The molecule has 2 rings (SSSR count). The Labute approximate surface area is 207 Å². The second-order valence-corrected chi connectivity index (χ2v) is 9.35. The molecular formula is C26H40N4O5. The fourth-order valence-electron chi connectivity index (χ4n) is 4.15. The monoisotopic (exact) mass is 488 g/mol. The van der Waals surface area contributed by atoms with Crippen molar-refractivity contribution in [2.75, 3.05) is 13.6 Å².